The monoisotopic (exact) mass is 402 g/mol. The van der Waals surface area contributed by atoms with Crippen LogP contribution in [0.2, 0.25) is 0 Å². The van der Waals surface area contributed by atoms with Crippen molar-refractivity contribution in [1.29, 1.82) is 0 Å². The predicted octanol–water partition coefficient (Wildman–Crippen LogP) is 4.83. The number of rotatable bonds is 7. The summed E-state index contributed by atoms with van der Waals surface area (Å²) in [6, 6.07) is 4.19. The van der Waals surface area contributed by atoms with E-state index in [1.165, 1.54) is 63.1 Å². The molecule has 1 amide bonds. The number of aromatic nitrogens is 3. The highest BCUT2D eigenvalue weighted by Gasteiger charge is 2.25. The van der Waals surface area contributed by atoms with Crippen molar-refractivity contribution in [1.82, 2.24) is 20.1 Å². The zero-order valence-electron chi connectivity index (χ0n) is 16.4. The SMILES string of the molecule is O=C(CSc1nnc(-c2ccco2)n1C1CCCCC1)NCC1CCCCC1. The van der Waals surface area contributed by atoms with Crippen molar-refractivity contribution in [2.45, 2.75) is 75.4 Å². The van der Waals surface area contributed by atoms with Crippen molar-refractivity contribution < 1.29 is 9.21 Å². The highest BCUT2D eigenvalue weighted by Crippen LogP contribution is 2.35. The normalized spacial score (nSPS) is 19.0. The molecule has 2 fully saturated rings. The number of hydrogen-bond acceptors (Lipinski definition) is 5. The van der Waals surface area contributed by atoms with Gasteiger partial charge in [-0.2, -0.15) is 0 Å². The molecule has 2 heterocycles. The van der Waals surface area contributed by atoms with Crippen molar-refractivity contribution in [3.05, 3.63) is 18.4 Å². The molecular weight excluding hydrogens is 372 g/mol. The molecule has 2 aromatic rings. The van der Waals surface area contributed by atoms with Crippen LogP contribution in [0.25, 0.3) is 11.6 Å². The fraction of sp³-hybridized carbons (Fsp3) is 0.667. The summed E-state index contributed by atoms with van der Waals surface area (Å²) < 4.78 is 7.79. The lowest BCUT2D eigenvalue weighted by atomic mass is 9.89. The van der Waals surface area contributed by atoms with Gasteiger partial charge in [-0.05, 0) is 43.7 Å². The van der Waals surface area contributed by atoms with Gasteiger partial charge in [-0.1, -0.05) is 50.3 Å². The second-order valence-corrected chi connectivity index (χ2v) is 8.98. The minimum atomic E-state index is 0.0910. The minimum absolute atomic E-state index is 0.0910. The molecule has 0 bridgehead atoms. The van der Waals surface area contributed by atoms with E-state index in [0.717, 1.165) is 36.1 Å². The topological polar surface area (TPSA) is 73.0 Å². The Hall–Kier alpha value is -1.76. The fourth-order valence-corrected chi connectivity index (χ4v) is 5.28. The van der Waals surface area contributed by atoms with Gasteiger partial charge in [-0.25, -0.2) is 0 Å². The Morgan fingerprint density at radius 2 is 1.86 bits per heavy atom. The van der Waals surface area contributed by atoms with Gasteiger partial charge in [0, 0.05) is 12.6 Å². The van der Waals surface area contributed by atoms with Gasteiger partial charge in [0.05, 0.1) is 12.0 Å². The number of furan rings is 1. The molecule has 152 valence electrons. The van der Waals surface area contributed by atoms with Crippen molar-refractivity contribution in [2.75, 3.05) is 12.3 Å². The van der Waals surface area contributed by atoms with E-state index in [-0.39, 0.29) is 5.91 Å². The number of carbonyl (C=O) groups is 1. The summed E-state index contributed by atoms with van der Waals surface area (Å²) in [5.41, 5.74) is 0. The van der Waals surface area contributed by atoms with Crippen molar-refractivity contribution in [3.63, 3.8) is 0 Å². The number of thioether (sulfide) groups is 1. The smallest absolute Gasteiger partial charge is 0.230 e. The quantitative estimate of drug-likeness (QED) is 0.672. The van der Waals surface area contributed by atoms with Crippen LogP contribution >= 0.6 is 11.8 Å². The maximum Gasteiger partial charge on any atom is 0.230 e. The summed E-state index contributed by atoms with van der Waals surface area (Å²) >= 11 is 1.49. The Morgan fingerprint density at radius 3 is 2.57 bits per heavy atom. The van der Waals surface area contributed by atoms with Crippen molar-refractivity contribution in [3.8, 4) is 11.6 Å². The first kappa shape index (κ1) is 19.6. The Balaban J connectivity index is 1.40. The zero-order valence-corrected chi connectivity index (χ0v) is 17.3. The molecule has 4 rings (SSSR count). The van der Waals surface area contributed by atoms with Crippen molar-refractivity contribution >= 4 is 17.7 Å². The van der Waals surface area contributed by atoms with E-state index >= 15 is 0 Å². The molecule has 1 N–H and O–H groups in total. The molecule has 0 radical (unpaired) electrons. The number of nitrogens with one attached hydrogen (secondary N) is 1. The van der Waals surface area contributed by atoms with Crippen LogP contribution in [0.4, 0.5) is 0 Å². The van der Waals surface area contributed by atoms with Gasteiger partial charge < -0.3 is 9.73 Å². The summed E-state index contributed by atoms with van der Waals surface area (Å²) in [7, 11) is 0. The third kappa shape index (κ3) is 4.80. The molecule has 2 aromatic heterocycles. The van der Waals surface area contributed by atoms with Gasteiger partial charge >= 0.3 is 0 Å². The maximum atomic E-state index is 12.4. The van der Waals surface area contributed by atoms with E-state index in [9.17, 15) is 4.79 Å². The number of carbonyl (C=O) groups excluding carboxylic acids is 1. The second kappa shape index (κ2) is 9.63. The van der Waals surface area contributed by atoms with Crippen LogP contribution in [-0.4, -0.2) is 33.0 Å². The molecular formula is C21H30N4O2S. The summed E-state index contributed by atoms with van der Waals surface area (Å²) in [4.78, 5) is 12.4. The van der Waals surface area contributed by atoms with Gasteiger partial charge in [0.25, 0.3) is 0 Å². The Kier molecular flexibility index (Phi) is 6.73. The molecule has 0 aromatic carbocycles. The maximum absolute atomic E-state index is 12.4. The molecule has 6 nitrogen and oxygen atoms in total. The molecule has 28 heavy (non-hydrogen) atoms. The Bertz CT molecular complexity index is 747. The Labute approximate surface area is 170 Å². The first-order valence-electron chi connectivity index (χ1n) is 10.7. The van der Waals surface area contributed by atoms with Crippen LogP contribution in [-0.2, 0) is 4.79 Å². The van der Waals surface area contributed by atoms with E-state index in [1.807, 2.05) is 12.1 Å². The van der Waals surface area contributed by atoms with E-state index in [0.29, 0.717) is 17.7 Å². The van der Waals surface area contributed by atoms with Gasteiger partial charge in [-0.15, -0.1) is 10.2 Å². The lowest BCUT2D eigenvalue weighted by Gasteiger charge is -2.25. The molecule has 2 aliphatic rings. The molecule has 0 unspecified atom stereocenters. The van der Waals surface area contributed by atoms with Gasteiger partial charge in [0.1, 0.15) is 0 Å². The third-order valence-corrected chi connectivity index (χ3v) is 6.93. The predicted molar refractivity (Wildman–Crippen MR) is 110 cm³/mol. The summed E-state index contributed by atoms with van der Waals surface area (Å²) in [6.45, 7) is 0.812. The molecule has 0 atom stereocenters. The highest BCUT2D eigenvalue weighted by molar-refractivity contribution is 7.99. The van der Waals surface area contributed by atoms with Crippen LogP contribution in [0.3, 0.4) is 0 Å². The van der Waals surface area contributed by atoms with E-state index < -0.39 is 0 Å². The van der Waals surface area contributed by atoms with E-state index in [1.54, 1.807) is 6.26 Å². The molecule has 2 aliphatic carbocycles. The van der Waals surface area contributed by atoms with Gasteiger partial charge in [-0.3, -0.25) is 9.36 Å². The zero-order chi connectivity index (χ0) is 19.2. The van der Waals surface area contributed by atoms with Crippen molar-refractivity contribution in [2.24, 2.45) is 5.92 Å². The van der Waals surface area contributed by atoms with Gasteiger partial charge in [0.15, 0.2) is 10.9 Å². The molecule has 0 spiro atoms. The fourth-order valence-electron chi connectivity index (χ4n) is 4.45. The first-order valence-corrected chi connectivity index (χ1v) is 11.7. The average molecular weight is 403 g/mol. The van der Waals surface area contributed by atoms with Gasteiger partial charge in [0.2, 0.25) is 11.7 Å². The Morgan fingerprint density at radius 1 is 1.11 bits per heavy atom. The average Bonchev–Trinajstić information content (AvgIpc) is 3.41. The molecule has 0 saturated heterocycles. The molecule has 2 saturated carbocycles. The van der Waals surface area contributed by atoms with E-state index in [2.05, 4.69) is 20.1 Å². The summed E-state index contributed by atoms with van der Waals surface area (Å²) in [5, 5.41) is 12.7. The third-order valence-electron chi connectivity index (χ3n) is 5.99. The summed E-state index contributed by atoms with van der Waals surface area (Å²) in [6.07, 6.45) is 14.1. The van der Waals surface area contributed by atoms with E-state index in [4.69, 9.17) is 4.42 Å². The number of hydrogen-bond donors (Lipinski definition) is 1. The van der Waals surface area contributed by atoms with Crippen LogP contribution in [0.1, 0.15) is 70.3 Å². The lowest BCUT2D eigenvalue weighted by molar-refractivity contribution is -0.118. The second-order valence-electron chi connectivity index (χ2n) is 8.04. The number of nitrogens with zero attached hydrogens (tertiary/aromatic N) is 3. The first-order chi connectivity index (χ1) is 13.8. The minimum Gasteiger partial charge on any atom is -0.461 e. The van der Waals surface area contributed by atoms with Crippen LogP contribution in [0.15, 0.2) is 28.0 Å². The van der Waals surface area contributed by atoms with Crippen LogP contribution < -0.4 is 5.32 Å². The van der Waals surface area contributed by atoms with Crippen LogP contribution in [0, 0.1) is 5.92 Å². The molecule has 7 heteroatoms. The molecule has 0 aliphatic heterocycles. The standard InChI is InChI=1S/C21H30N4O2S/c26-19(22-14-16-8-3-1-4-9-16)15-28-21-24-23-20(18-12-7-13-27-18)25(21)17-10-5-2-6-11-17/h7,12-13,16-17H,1-6,8-11,14-15H2,(H,22,26). The largest absolute Gasteiger partial charge is 0.461 e. The highest BCUT2D eigenvalue weighted by atomic mass is 32.2. The number of amides is 1. The van der Waals surface area contributed by atoms with Crippen LogP contribution in [0.5, 0.6) is 0 Å². The summed E-state index contributed by atoms with van der Waals surface area (Å²) in [5.74, 6) is 2.65. The lowest BCUT2D eigenvalue weighted by Crippen LogP contribution is -2.31.